The van der Waals surface area contributed by atoms with Crippen molar-refractivity contribution in [3.8, 4) is 28.5 Å². The number of H-pyrrole nitrogens is 1. The Bertz CT molecular complexity index is 1540. The second-order valence-electron chi connectivity index (χ2n) is 9.50. The summed E-state index contributed by atoms with van der Waals surface area (Å²) in [5.74, 6) is 1.52. The van der Waals surface area contributed by atoms with Crippen molar-refractivity contribution in [2.24, 2.45) is 0 Å². The lowest BCUT2D eigenvalue weighted by Crippen LogP contribution is -2.26. The highest BCUT2D eigenvalue weighted by Gasteiger charge is 2.18. The number of nitrogens with one attached hydrogen (secondary N) is 1. The van der Waals surface area contributed by atoms with Crippen LogP contribution in [0.25, 0.3) is 28.5 Å². The van der Waals surface area contributed by atoms with Gasteiger partial charge in [-0.25, -0.2) is 4.79 Å². The van der Waals surface area contributed by atoms with Crippen LogP contribution in [0.1, 0.15) is 56.9 Å². The average Bonchev–Trinajstić information content (AvgIpc) is 3.69. The number of hydrogen-bond donors (Lipinski definition) is 1. The summed E-state index contributed by atoms with van der Waals surface area (Å²) in [6.45, 7) is 7.75. The highest BCUT2D eigenvalue weighted by Crippen LogP contribution is 2.28. The molecule has 0 saturated heterocycles. The number of aromatic amines is 1. The van der Waals surface area contributed by atoms with E-state index in [0.29, 0.717) is 12.4 Å². The van der Waals surface area contributed by atoms with E-state index in [4.69, 9.17) is 4.98 Å². The minimum atomic E-state index is -0.00613. The maximum atomic E-state index is 13.8. The van der Waals surface area contributed by atoms with Crippen LogP contribution in [-0.4, -0.2) is 39.3 Å². The fraction of sp³-hybridized carbons (Fsp3) is 0.345. The fourth-order valence-corrected chi connectivity index (χ4v) is 4.96. The fourth-order valence-electron chi connectivity index (χ4n) is 4.96. The van der Waals surface area contributed by atoms with Crippen LogP contribution in [0.4, 0.5) is 0 Å². The summed E-state index contributed by atoms with van der Waals surface area (Å²) in [5.41, 5.74) is 5.83. The van der Waals surface area contributed by atoms with E-state index in [9.17, 15) is 4.79 Å². The van der Waals surface area contributed by atoms with Gasteiger partial charge in [0.25, 0.3) is 0 Å². The Morgan fingerprint density at radius 1 is 0.947 bits per heavy atom. The number of benzene rings is 1. The molecule has 5 aromatic rings. The van der Waals surface area contributed by atoms with E-state index in [-0.39, 0.29) is 5.69 Å². The topological polar surface area (TPSA) is 99.2 Å². The number of rotatable bonds is 11. The molecule has 0 amide bonds. The molecular formula is C29H34N8O. The summed E-state index contributed by atoms with van der Waals surface area (Å²) in [6, 6.07) is 14.0. The van der Waals surface area contributed by atoms with Crippen LogP contribution in [0, 0.1) is 0 Å². The lowest BCUT2D eigenvalue weighted by molar-refractivity contribution is 0.662. The molecule has 0 saturated carbocycles. The maximum Gasteiger partial charge on any atom is 0.334 e. The van der Waals surface area contributed by atoms with Crippen LogP contribution >= 0.6 is 0 Å². The molecule has 0 aliphatic carbocycles. The van der Waals surface area contributed by atoms with Gasteiger partial charge in [0.1, 0.15) is 5.82 Å². The number of imidazole rings is 1. The van der Waals surface area contributed by atoms with E-state index < -0.39 is 0 Å². The Morgan fingerprint density at radius 3 is 2.47 bits per heavy atom. The largest absolute Gasteiger partial charge is 0.334 e. The van der Waals surface area contributed by atoms with Gasteiger partial charge in [0.05, 0.1) is 12.2 Å². The van der Waals surface area contributed by atoms with Crippen LogP contribution in [-0.2, 0) is 25.9 Å². The number of pyridine rings is 1. The van der Waals surface area contributed by atoms with Crippen LogP contribution in [0.2, 0.25) is 0 Å². The van der Waals surface area contributed by atoms with Gasteiger partial charge >= 0.3 is 5.69 Å². The average molecular weight is 511 g/mol. The van der Waals surface area contributed by atoms with E-state index in [1.807, 2.05) is 57.9 Å². The Morgan fingerprint density at radius 2 is 1.79 bits per heavy atom. The molecule has 0 aliphatic rings. The molecule has 0 fully saturated rings. The zero-order valence-electron chi connectivity index (χ0n) is 22.3. The van der Waals surface area contributed by atoms with E-state index in [1.54, 1.807) is 0 Å². The molecule has 4 heterocycles. The zero-order chi connectivity index (χ0) is 26.5. The number of unbranched alkanes of at least 4 members (excludes halogenated alkanes) is 1. The van der Waals surface area contributed by atoms with Gasteiger partial charge in [0.15, 0.2) is 0 Å². The third kappa shape index (κ3) is 4.96. The molecule has 0 atom stereocenters. The number of nitrogens with zero attached hydrogens (tertiary/aromatic N) is 7. The van der Waals surface area contributed by atoms with Crippen molar-refractivity contribution < 1.29 is 0 Å². The van der Waals surface area contributed by atoms with Crippen LogP contribution < -0.4 is 5.69 Å². The molecule has 0 radical (unpaired) electrons. The van der Waals surface area contributed by atoms with E-state index in [1.165, 1.54) is 5.56 Å². The lowest BCUT2D eigenvalue weighted by atomic mass is 10.0. The number of tetrazole rings is 1. The van der Waals surface area contributed by atoms with Gasteiger partial charge in [0, 0.05) is 42.0 Å². The zero-order valence-corrected chi connectivity index (χ0v) is 22.3. The third-order valence-corrected chi connectivity index (χ3v) is 6.91. The van der Waals surface area contributed by atoms with Crippen molar-refractivity contribution in [2.75, 3.05) is 0 Å². The molecule has 0 aliphatic heterocycles. The van der Waals surface area contributed by atoms with Crippen LogP contribution in [0.3, 0.4) is 0 Å². The first kappa shape index (κ1) is 25.4. The molecular weight excluding hydrogens is 476 g/mol. The summed E-state index contributed by atoms with van der Waals surface area (Å²) in [6.07, 6.45) is 10.9. The van der Waals surface area contributed by atoms with Gasteiger partial charge in [-0.05, 0) is 54.7 Å². The van der Waals surface area contributed by atoms with E-state index in [0.717, 1.165) is 72.5 Å². The summed E-state index contributed by atoms with van der Waals surface area (Å²) in [4.78, 5) is 18.6. The Labute approximate surface area is 222 Å². The van der Waals surface area contributed by atoms with Gasteiger partial charge in [0.2, 0.25) is 5.82 Å². The standard InChI is InChI=1S/C29H34N8O/c1-4-7-11-23-20-37(28-22(10-5-2)16-17-35(28)6-3)29(38)36(23)19-21-14-15-26(30-18-21)24-12-8-9-13-25(24)27-31-33-34-32-27/h8-9,12-18,20H,4-7,10-11,19H2,1-3H3,(H,31,32,33,34). The van der Waals surface area contributed by atoms with Crippen molar-refractivity contribution in [3.05, 3.63) is 88.4 Å². The Hall–Kier alpha value is -4.27. The maximum absolute atomic E-state index is 13.8. The van der Waals surface area contributed by atoms with Gasteiger partial charge in [-0.1, -0.05) is 57.0 Å². The molecule has 1 aromatic carbocycles. The van der Waals surface area contributed by atoms with Crippen molar-refractivity contribution >= 4 is 0 Å². The van der Waals surface area contributed by atoms with Crippen molar-refractivity contribution in [3.63, 3.8) is 0 Å². The van der Waals surface area contributed by atoms with Gasteiger partial charge in [-0.3, -0.25) is 14.1 Å². The Kier molecular flexibility index (Phi) is 7.62. The van der Waals surface area contributed by atoms with Gasteiger partial charge in [-0.2, -0.15) is 5.21 Å². The number of aryl methyl sites for hydroxylation is 3. The highest BCUT2D eigenvalue weighted by molar-refractivity contribution is 5.78. The summed E-state index contributed by atoms with van der Waals surface area (Å²) in [5, 5.41) is 14.4. The lowest BCUT2D eigenvalue weighted by Gasteiger charge is -2.10. The highest BCUT2D eigenvalue weighted by atomic mass is 16.1. The molecule has 0 bridgehead atoms. The molecule has 1 N–H and O–H groups in total. The molecule has 9 heteroatoms. The second kappa shape index (κ2) is 11.4. The minimum Gasteiger partial charge on any atom is -0.334 e. The van der Waals surface area contributed by atoms with E-state index >= 15 is 0 Å². The quantitative estimate of drug-likeness (QED) is 0.268. The Balaban J connectivity index is 1.49. The van der Waals surface area contributed by atoms with Crippen molar-refractivity contribution in [2.45, 2.75) is 66.0 Å². The molecule has 38 heavy (non-hydrogen) atoms. The second-order valence-corrected chi connectivity index (χ2v) is 9.50. The smallest absolute Gasteiger partial charge is 0.334 e. The number of hydrogen-bond acceptors (Lipinski definition) is 5. The minimum absolute atomic E-state index is 0.00613. The predicted molar refractivity (Wildman–Crippen MR) is 148 cm³/mol. The van der Waals surface area contributed by atoms with Crippen molar-refractivity contribution in [1.82, 2.24) is 39.3 Å². The SMILES string of the molecule is CCCCc1cn(-c2c(CCC)ccn2CC)c(=O)n1Cc1ccc(-c2ccccc2-c2nn[nH]n2)nc1. The van der Waals surface area contributed by atoms with Crippen LogP contribution in [0.5, 0.6) is 0 Å². The molecule has 4 aromatic heterocycles. The monoisotopic (exact) mass is 510 g/mol. The molecule has 196 valence electrons. The normalized spacial score (nSPS) is 11.3. The van der Waals surface area contributed by atoms with Crippen LogP contribution in [0.15, 0.2) is 65.8 Å². The summed E-state index contributed by atoms with van der Waals surface area (Å²) >= 11 is 0. The van der Waals surface area contributed by atoms with Gasteiger partial charge in [-0.15, -0.1) is 10.2 Å². The summed E-state index contributed by atoms with van der Waals surface area (Å²) < 4.78 is 5.92. The molecule has 0 unspecified atom stereocenters. The van der Waals surface area contributed by atoms with Crippen molar-refractivity contribution in [1.29, 1.82) is 0 Å². The van der Waals surface area contributed by atoms with E-state index in [2.05, 4.69) is 58.2 Å². The van der Waals surface area contributed by atoms with Gasteiger partial charge < -0.3 is 4.57 Å². The third-order valence-electron chi connectivity index (χ3n) is 6.91. The number of aromatic nitrogens is 8. The first-order valence-corrected chi connectivity index (χ1v) is 13.4. The molecule has 5 rings (SSSR count). The first-order chi connectivity index (χ1) is 18.6. The molecule has 0 spiro atoms. The predicted octanol–water partition coefficient (Wildman–Crippen LogP) is 5.05. The molecule has 9 nitrogen and oxygen atoms in total. The summed E-state index contributed by atoms with van der Waals surface area (Å²) in [7, 11) is 0. The first-order valence-electron chi connectivity index (χ1n) is 13.4.